The van der Waals surface area contributed by atoms with Crippen LogP contribution in [0.1, 0.15) is 92.4 Å². The fourth-order valence-corrected chi connectivity index (χ4v) is 3.28. The van der Waals surface area contributed by atoms with Gasteiger partial charge in [-0.3, -0.25) is 0 Å². The molecule has 0 aliphatic carbocycles. The molecule has 0 saturated heterocycles. The molecular weight excluding hydrogens is 272 g/mol. The van der Waals surface area contributed by atoms with Crippen molar-refractivity contribution < 1.29 is 0 Å². The van der Waals surface area contributed by atoms with Gasteiger partial charge >= 0.3 is 0 Å². The van der Waals surface area contributed by atoms with Crippen LogP contribution in [0.2, 0.25) is 0 Å². The molecule has 0 fully saturated rings. The molecule has 0 aliphatic heterocycles. The van der Waals surface area contributed by atoms with Crippen LogP contribution < -0.4 is 0 Å². The average Bonchev–Trinajstić information content (AvgIpc) is 2.38. The fraction of sp³-hybridized carbons (Fsp3) is 0.900. The molecule has 0 unspecified atom stereocenters. The lowest BCUT2D eigenvalue weighted by atomic mass is 9.91. The Balaban J connectivity index is 3.52. The van der Waals surface area contributed by atoms with Crippen LogP contribution in [-0.4, -0.2) is 5.75 Å². The second kappa shape index (κ2) is 13.7. The van der Waals surface area contributed by atoms with Crippen LogP contribution in [0.5, 0.6) is 0 Å². The molecule has 0 heterocycles. The first-order valence-corrected chi connectivity index (χ1v) is 9.85. The van der Waals surface area contributed by atoms with Gasteiger partial charge in [0.05, 0.1) is 0 Å². The summed E-state index contributed by atoms with van der Waals surface area (Å²) in [5, 5.41) is 0. The van der Waals surface area contributed by atoms with E-state index in [1.165, 1.54) is 63.4 Å². The largest absolute Gasteiger partial charge is 0.175 e. The van der Waals surface area contributed by atoms with Gasteiger partial charge in [-0.1, -0.05) is 84.3 Å². The van der Waals surface area contributed by atoms with Gasteiger partial charge in [-0.05, 0) is 37.5 Å². The molecule has 2 atom stereocenters. The summed E-state index contributed by atoms with van der Waals surface area (Å²) in [6.07, 6.45) is 14.8. The average molecular weight is 313 g/mol. The van der Waals surface area contributed by atoms with Crippen LogP contribution in [0.15, 0.2) is 11.6 Å². The van der Waals surface area contributed by atoms with Gasteiger partial charge in [-0.15, -0.1) is 0 Å². The van der Waals surface area contributed by atoms with Crippen LogP contribution in [0.25, 0.3) is 0 Å². The summed E-state index contributed by atoms with van der Waals surface area (Å²) >= 11 is 4.25. The van der Waals surface area contributed by atoms with Crippen LogP contribution >= 0.6 is 12.6 Å². The molecule has 126 valence electrons. The Hall–Kier alpha value is 0.0900. The Morgan fingerprint density at radius 1 is 0.810 bits per heavy atom. The minimum absolute atomic E-state index is 0.872. The van der Waals surface area contributed by atoms with E-state index in [1.807, 2.05) is 0 Å². The molecule has 0 bridgehead atoms. The fourth-order valence-electron chi connectivity index (χ4n) is 2.97. The van der Waals surface area contributed by atoms with Crippen molar-refractivity contribution in [3.05, 3.63) is 11.6 Å². The Kier molecular flexibility index (Phi) is 13.8. The van der Waals surface area contributed by atoms with Gasteiger partial charge in [0, 0.05) is 5.75 Å². The minimum atomic E-state index is 0.872. The molecule has 21 heavy (non-hydrogen) atoms. The van der Waals surface area contributed by atoms with E-state index in [0.717, 1.165) is 23.5 Å². The van der Waals surface area contributed by atoms with Gasteiger partial charge in [0.2, 0.25) is 0 Å². The summed E-state index contributed by atoms with van der Waals surface area (Å²) in [4.78, 5) is 0. The van der Waals surface area contributed by atoms with E-state index in [-0.39, 0.29) is 0 Å². The van der Waals surface area contributed by atoms with Crippen molar-refractivity contribution >= 4 is 12.6 Å². The maximum Gasteiger partial charge on any atom is 0.00850 e. The second-order valence-corrected chi connectivity index (χ2v) is 7.96. The summed E-state index contributed by atoms with van der Waals surface area (Å²) in [6.45, 7) is 11.8. The molecule has 0 nitrogen and oxygen atoms in total. The van der Waals surface area contributed by atoms with Crippen molar-refractivity contribution in [2.24, 2.45) is 17.8 Å². The monoisotopic (exact) mass is 312 g/mol. The molecule has 0 aromatic rings. The third-order valence-electron chi connectivity index (χ3n) is 4.58. The van der Waals surface area contributed by atoms with Gasteiger partial charge in [-0.2, -0.15) is 12.6 Å². The number of allylic oxidation sites excluding steroid dienone is 1. The molecule has 0 saturated carbocycles. The first-order valence-electron chi connectivity index (χ1n) is 9.22. The van der Waals surface area contributed by atoms with E-state index in [4.69, 9.17) is 0 Å². The van der Waals surface area contributed by atoms with E-state index in [0.29, 0.717) is 0 Å². The quantitative estimate of drug-likeness (QED) is 0.267. The van der Waals surface area contributed by atoms with E-state index in [1.54, 1.807) is 0 Å². The molecule has 0 aromatic carbocycles. The van der Waals surface area contributed by atoms with Crippen molar-refractivity contribution in [2.75, 3.05) is 5.75 Å². The highest BCUT2D eigenvalue weighted by Gasteiger charge is 2.06. The summed E-state index contributed by atoms with van der Waals surface area (Å²) < 4.78 is 0. The molecule has 0 rings (SSSR count). The van der Waals surface area contributed by atoms with Crippen LogP contribution in [0, 0.1) is 17.8 Å². The van der Waals surface area contributed by atoms with Crippen LogP contribution in [0.4, 0.5) is 0 Å². The predicted octanol–water partition coefficient (Wildman–Crippen LogP) is 7.30. The summed E-state index contributed by atoms with van der Waals surface area (Å²) in [7, 11) is 0. The first kappa shape index (κ1) is 21.1. The van der Waals surface area contributed by atoms with Gasteiger partial charge in [0.1, 0.15) is 0 Å². The van der Waals surface area contributed by atoms with Crippen molar-refractivity contribution in [2.45, 2.75) is 92.4 Å². The minimum Gasteiger partial charge on any atom is -0.175 e. The zero-order valence-electron chi connectivity index (χ0n) is 15.3. The highest BCUT2D eigenvalue weighted by atomic mass is 32.1. The standard InChI is InChI=1S/C20H40S/c1-17(2)9-6-10-18(3)11-7-12-19(4)13-8-14-20(5)15-16-21/h15,17-19,21H,6-14,16H2,1-5H3/b20-15+/t18-,19+/m1/s1. The summed E-state index contributed by atoms with van der Waals surface area (Å²) in [5.74, 6) is 3.58. The molecule has 0 radical (unpaired) electrons. The maximum absolute atomic E-state index is 4.25. The van der Waals surface area contributed by atoms with Gasteiger partial charge in [0.25, 0.3) is 0 Å². The van der Waals surface area contributed by atoms with Gasteiger partial charge < -0.3 is 0 Å². The molecule has 0 N–H and O–H groups in total. The topological polar surface area (TPSA) is 0 Å². The van der Waals surface area contributed by atoms with Crippen molar-refractivity contribution in [3.63, 3.8) is 0 Å². The molecule has 0 aromatic heterocycles. The van der Waals surface area contributed by atoms with Gasteiger partial charge in [0.15, 0.2) is 0 Å². The SMILES string of the molecule is C/C(=C\CS)CCC[C@@H](C)CCC[C@H](C)CCCC(C)C. The number of thiol groups is 1. The van der Waals surface area contributed by atoms with Crippen molar-refractivity contribution in [1.29, 1.82) is 0 Å². The summed E-state index contributed by atoms with van der Waals surface area (Å²) in [6, 6.07) is 0. The van der Waals surface area contributed by atoms with Crippen molar-refractivity contribution in [1.82, 2.24) is 0 Å². The van der Waals surface area contributed by atoms with E-state index >= 15 is 0 Å². The second-order valence-electron chi connectivity index (χ2n) is 7.59. The Morgan fingerprint density at radius 2 is 1.29 bits per heavy atom. The molecule has 0 aliphatic rings. The normalized spacial score (nSPS) is 15.5. The molecule has 1 heteroatoms. The highest BCUT2D eigenvalue weighted by molar-refractivity contribution is 7.80. The Morgan fingerprint density at radius 3 is 1.76 bits per heavy atom. The zero-order chi connectivity index (χ0) is 16.1. The Bertz CT molecular complexity index is 255. The predicted molar refractivity (Wildman–Crippen MR) is 102 cm³/mol. The summed E-state index contributed by atoms with van der Waals surface area (Å²) in [5.41, 5.74) is 1.51. The molecule has 0 spiro atoms. The van der Waals surface area contributed by atoms with Gasteiger partial charge in [-0.25, -0.2) is 0 Å². The van der Waals surface area contributed by atoms with E-state index in [9.17, 15) is 0 Å². The van der Waals surface area contributed by atoms with Crippen molar-refractivity contribution in [3.8, 4) is 0 Å². The third kappa shape index (κ3) is 14.8. The third-order valence-corrected chi connectivity index (χ3v) is 4.76. The number of hydrogen-bond donors (Lipinski definition) is 1. The molecular formula is C20H40S. The maximum atomic E-state index is 4.25. The first-order chi connectivity index (χ1) is 9.95. The van der Waals surface area contributed by atoms with Crippen LogP contribution in [-0.2, 0) is 0 Å². The van der Waals surface area contributed by atoms with E-state index < -0.39 is 0 Å². The number of hydrogen-bond acceptors (Lipinski definition) is 1. The Labute approximate surface area is 140 Å². The lowest BCUT2D eigenvalue weighted by molar-refractivity contribution is 0.389. The highest BCUT2D eigenvalue weighted by Crippen LogP contribution is 2.21. The number of rotatable bonds is 13. The van der Waals surface area contributed by atoms with Crippen LogP contribution in [0.3, 0.4) is 0 Å². The lowest BCUT2D eigenvalue weighted by Gasteiger charge is -2.15. The molecule has 0 amide bonds. The lowest BCUT2D eigenvalue weighted by Crippen LogP contribution is -2.00. The van der Waals surface area contributed by atoms with E-state index in [2.05, 4.69) is 53.3 Å². The zero-order valence-corrected chi connectivity index (χ0v) is 16.2. The smallest absolute Gasteiger partial charge is 0.00850 e.